The first-order chi connectivity index (χ1) is 10.2. The second-order valence-electron chi connectivity index (χ2n) is 5.11. The third-order valence-corrected chi connectivity index (χ3v) is 5.74. The molecule has 0 aliphatic heterocycles. The highest BCUT2D eigenvalue weighted by Gasteiger charge is 2.15. The molecule has 0 saturated heterocycles. The van der Waals surface area contributed by atoms with Crippen molar-refractivity contribution in [3.8, 4) is 0 Å². The molecule has 1 N–H and O–H groups in total. The summed E-state index contributed by atoms with van der Waals surface area (Å²) in [6, 6.07) is 14.2. The quantitative estimate of drug-likeness (QED) is 0.571. The Labute approximate surface area is 130 Å². The molecular weight excluding hydrogens is 298 g/mol. The van der Waals surface area contributed by atoms with E-state index in [4.69, 9.17) is 0 Å². The molecule has 0 bridgehead atoms. The van der Waals surface area contributed by atoms with E-state index in [0.717, 1.165) is 27.0 Å². The SMILES string of the molecule is Cc1ccc2cc(C(O)c3cc4sccc4s3)ccc2n1. The third kappa shape index (κ3) is 2.25. The van der Waals surface area contributed by atoms with Gasteiger partial charge in [0.2, 0.25) is 0 Å². The van der Waals surface area contributed by atoms with Crippen LogP contribution in [0.2, 0.25) is 0 Å². The molecule has 0 fully saturated rings. The number of aromatic nitrogens is 1. The number of pyridine rings is 1. The molecule has 1 atom stereocenters. The maximum Gasteiger partial charge on any atom is 0.113 e. The number of aliphatic hydroxyl groups excluding tert-OH is 1. The lowest BCUT2D eigenvalue weighted by atomic mass is 10.0. The summed E-state index contributed by atoms with van der Waals surface area (Å²) in [5.41, 5.74) is 2.90. The number of fused-ring (bicyclic) bond motifs is 2. The van der Waals surface area contributed by atoms with E-state index >= 15 is 0 Å². The highest BCUT2D eigenvalue weighted by molar-refractivity contribution is 7.26. The van der Waals surface area contributed by atoms with Gasteiger partial charge in [-0.1, -0.05) is 12.1 Å². The van der Waals surface area contributed by atoms with Crippen molar-refractivity contribution in [2.24, 2.45) is 0 Å². The normalized spacial score (nSPS) is 13.0. The molecule has 3 aromatic heterocycles. The minimum Gasteiger partial charge on any atom is -0.383 e. The van der Waals surface area contributed by atoms with E-state index in [1.165, 1.54) is 9.40 Å². The zero-order valence-electron chi connectivity index (χ0n) is 11.4. The molecule has 0 aliphatic carbocycles. The average Bonchev–Trinajstić information content (AvgIpc) is 3.07. The minimum atomic E-state index is -0.569. The summed E-state index contributed by atoms with van der Waals surface area (Å²) in [5, 5.41) is 13.8. The molecule has 1 aromatic carbocycles. The zero-order valence-corrected chi connectivity index (χ0v) is 13.0. The summed E-state index contributed by atoms with van der Waals surface area (Å²) in [4.78, 5) is 5.49. The molecule has 0 spiro atoms. The lowest BCUT2D eigenvalue weighted by molar-refractivity contribution is 0.224. The van der Waals surface area contributed by atoms with Crippen molar-refractivity contribution in [2.75, 3.05) is 0 Å². The molecule has 0 saturated carbocycles. The van der Waals surface area contributed by atoms with Crippen LogP contribution in [-0.4, -0.2) is 10.1 Å². The fourth-order valence-corrected chi connectivity index (χ4v) is 4.63. The van der Waals surface area contributed by atoms with Crippen molar-refractivity contribution in [1.29, 1.82) is 0 Å². The van der Waals surface area contributed by atoms with Crippen LogP contribution < -0.4 is 0 Å². The molecule has 104 valence electrons. The molecule has 0 radical (unpaired) electrons. The van der Waals surface area contributed by atoms with Gasteiger partial charge in [0.15, 0.2) is 0 Å². The monoisotopic (exact) mass is 311 g/mol. The first kappa shape index (κ1) is 13.0. The van der Waals surface area contributed by atoms with Crippen molar-refractivity contribution < 1.29 is 5.11 Å². The topological polar surface area (TPSA) is 33.1 Å². The summed E-state index contributed by atoms with van der Waals surface area (Å²) in [5.74, 6) is 0. The van der Waals surface area contributed by atoms with Crippen LogP contribution in [0, 0.1) is 6.92 Å². The van der Waals surface area contributed by atoms with Gasteiger partial charge < -0.3 is 5.11 Å². The first-order valence-corrected chi connectivity index (χ1v) is 8.43. The van der Waals surface area contributed by atoms with Gasteiger partial charge in [-0.05, 0) is 48.2 Å². The Morgan fingerprint density at radius 2 is 1.95 bits per heavy atom. The molecule has 21 heavy (non-hydrogen) atoms. The number of rotatable bonds is 2. The second-order valence-corrected chi connectivity index (χ2v) is 7.17. The molecule has 4 rings (SSSR count). The molecule has 4 heteroatoms. The van der Waals surface area contributed by atoms with E-state index in [1.54, 1.807) is 22.7 Å². The molecule has 0 aliphatic rings. The molecule has 4 aromatic rings. The van der Waals surface area contributed by atoms with Gasteiger partial charge in [-0.2, -0.15) is 0 Å². The number of aliphatic hydroxyl groups is 1. The first-order valence-electron chi connectivity index (χ1n) is 6.73. The van der Waals surface area contributed by atoms with Crippen molar-refractivity contribution in [3.05, 3.63) is 64.0 Å². The maximum atomic E-state index is 10.6. The van der Waals surface area contributed by atoms with Crippen LogP contribution in [0.15, 0.2) is 47.8 Å². The van der Waals surface area contributed by atoms with Crippen LogP contribution in [0.5, 0.6) is 0 Å². The van der Waals surface area contributed by atoms with Crippen LogP contribution in [-0.2, 0) is 0 Å². The van der Waals surface area contributed by atoms with Crippen LogP contribution in [0.3, 0.4) is 0 Å². The molecule has 2 nitrogen and oxygen atoms in total. The summed E-state index contributed by atoms with van der Waals surface area (Å²) in [6.07, 6.45) is -0.569. The van der Waals surface area contributed by atoms with Crippen molar-refractivity contribution in [3.63, 3.8) is 0 Å². The summed E-state index contributed by atoms with van der Waals surface area (Å²) in [7, 11) is 0. The lowest BCUT2D eigenvalue weighted by Gasteiger charge is -2.10. The number of aryl methyl sites for hydroxylation is 1. The Morgan fingerprint density at radius 1 is 1.05 bits per heavy atom. The number of thiophene rings is 2. The van der Waals surface area contributed by atoms with Crippen molar-refractivity contribution >= 4 is 43.0 Å². The fraction of sp³-hybridized carbons (Fsp3) is 0.118. The van der Waals surface area contributed by atoms with E-state index in [2.05, 4.69) is 28.6 Å². The van der Waals surface area contributed by atoms with Gasteiger partial charge in [-0.25, -0.2) is 0 Å². The largest absolute Gasteiger partial charge is 0.383 e. The predicted octanol–water partition coefficient (Wildman–Crippen LogP) is 4.90. The molecule has 0 amide bonds. The molecular formula is C17H13NOS2. The van der Waals surface area contributed by atoms with Crippen LogP contribution in [0.25, 0.3) is 20.3 Å². The number of hydrogen-bond acceptors (Lipinski definition) is 4. The minimum absolute atomic E-state index is 0.569. The summed E-state index contributed by atoms with van der Waals surface area (Å²) >= 11 is 3.37. The van der Waals surface area contributed by atoms with E-state index in [1.807, 2.05) is 31.2 Å². The van der Waals surface area contributed by atoms with E-state index < -0.39 is 6.10 Å². The second kappa shape index (κ2) is 4.91. The maximum absolute atomic E-state index is 10.6. The van der Waals surface area contributed by atoms with E-state index in [-0.39, 0.29) is 0 Å². The summed E-state index contributed by atoms with van der Waals surface area (Å²) < 4.78 is 2.49. The highest BCUT2D eigenvalue weighted by Crippen LogP contribution is 2.36. The van der Waals surface area contributed by atoms with Gasteiger partial charge in [-0.15, -0.1) is 22.7 Å². The third-order valence-electron chi connectivity index (χ3n) is 3.60. The number of nitrogens with zero attached hydrogens (tertiary/aromatic N) is 1. The lowest BCUT2D eigenvalue weighted by Crippen LogP contribution is -1.97. The van der Waals surface area contributed by atoms with Crippen LogP contribution in [0.4, 0.5) is 0 Å². The zero-order chi connectivity index (χ0) is 14.4. The van der Waals surface area contributed by atoms with Crippen LogP contribution >= 0.6 is 22.7 Å². The Morgan fingerprint density at radius 3 is 2.81 bits per heavy atom. The smallest absolute Gasteiger partial charge is 0.113 e. The van der Waals surface area contributed by atoms with Gasteiger partial charge in [0.25, 0.3) is 0 Å². The predicted molar refractivity (Wildman–Crippen MR) is 90.2 cm³/mol. The van der Waals surface area contributed by atoms with Gasteiger partial charge in [0, 0.05) is 25.4 Å². The molecule has 1 unspecified atom stereocenters. The fourth-order valence-electron chi connectivity index (χ4n) is 2.50. The Kier molecular flexibility index (Phi) is 3.03. The summed E-state index contributed by atoms with van der Waals surface area (Å²) in [6.45, 7) is 1.99. The van der Waals surface area contributed by atoms with Gasteiger partial charge >= 0.3 is 0 Å². The van der Waals surface area contributed by atoms with E-state index in [9.17, 15) is 5.11 Å². The van der Waals surface area contributed by atoms with Gasteiger partial charge in [-0.3, -0.25) is 4.98 Å². The number of hydrogen-bond donors (Lipinski definition) is 1. The highest BCUT2D eigenvalue weighted by atomic mass is 32.1. The van der Waals surface area contributed by atoms with Gasteiger partial charge in [0.1, 0.15) is 6.10 Å². The van der Waals surface area contributed by atoms with E-state index in [0.29, 0.717) is 0 Å². The Bertz CT molecular complexity index is 910. The Hall–Kier alpha value is -1.75. The number of benzene rings is 1. The average molecular weight is 311 g/mol. The molecule has 3 heterocycles. The van der Waals surface area contributed by atoms with Crippen molar-refractivity contribution in [1.82, 2.24) is 4.98 Å². The Balaban J connectivity index is 1.77. The van der Waals surface area contributed by atoms with Crippen LogP contribution in [0.1, 0.15) is 22.2 Å². The van der Waals surface area contributed by atoms with Crippen molar-refractivity contribution in [2.45, 2.75) is 13.0 Å². The van der Waals surface area contributed by atoms with Gasteiger partial charge in [0.05, 0.1) is 5.52 Å². The standard InChI is InChI=1S/C17H13NOS2/c1-10-2-3-11-8-12(4-5-13(11)18-10)17(19)16-9-15-14(21-16)6-7-20-15/h2-9,17,19H,1H3.